The van der Waals surface area contributed by atoms with E-state index in [1.807, 2.05) is 6.07 Å². The van der Waals surface area contributed by atoms with Gasteiger partial charge in [0, 0.05) is 18.4 Å². The summed E-state index contributed by atoms with van der Waals surface area (Å²) in [6, 6.07) is 11.5. The van der Waals surface area contributed by atoms with E-state index in [1.165, 1.54) is 16.0 Å². The van der Waals surface area contributed by atoms with Crippen molar-refractivity contribution < 1.29 is 8.78 Å². The molecule has 4 aromatic rings. The Morgan fingerprint density at radius 2 is 1.89 bits per heavy atom. The molecule has 1 aliphatic carbocycles. The van der Waals surface area contributed by atoms with E-state index in [0.29, 0.717) is 28.6 Å². The summed E-state index contributed by atoms with van der Waals surface area (Å²) in [5, 5.41) is 7.04. The molecular formula is C25H24F2N8O. The van der Waals surface area contributed by atoms with E-state index >= 15 is 0 Å². The molecule has 0 unspecified atom stereocenters. The van der Waals surface area contributed by atoms with Crippen molar-refractivity contribution in [2.45, 2.75) is 37.8 Å². The van der Waals surface area contributed by atoms with Gasteiger partial charge in [-0.3, -0.25) is 4.79 Å². The maximum absolute atomic E-state index is 13.5. The number of anilines is 3. The highest BCUT2D eigenvalue weighted by atomic mass is 19.3. The number of nitrogens with zero attached hydrogens (tertiary/aromatic N) is 6. The molecule has 0 amide bonds. The van der Waals surface area contributed by atoms with Crippen LogP contribution >= 0.6 is 0 Å². The zero-order valence-electron chi connectivity index (χ0n) is 19.4. The lowest BCUT2D eigenvalue weighted by atomic mass is 10.0. The number of alkyl halides is 2. The van der Waals surface area contributed by atoms with Crippen molar-refractivity contribution in [1.82, 2.24) is 29.6 Å². The van der Waals surface area contributed by atoms with E-state index in [4.69, 9.17) is 4.98 Å². The predicted molar refractivity (Wildman–Crippen MR) is 131 cm³/mol. The topological polar surface area (TPSA) is 92.9 Å². The minimum absolute atomic E-state index is 0.0510. The van der Waals surface area contributed by atoms with Crippen molar-refractivity contribution in [2.24, 2.45) is 0 Å². The number of halogens is 2. The van der Waals surface area contributed by atoms with E-state index in [2.05, 4.69) is 32.7 Å². The first kappa shape index (κ1) is 21.4. The fourth-order valence-electron chi connectivity index (χ4n) is 5.00. The second-order valence-corrected chi connectivity index (χ2v) is 9.72. The molecule has 1 saturated carbocycles. The van der Waals surface area contributed by atoms with Gasteiger partial charge in [0.05, 0.1) is 19.1 Å². The zero-order valence-corrected chi connectivity index (χ0v) is 19.4. The molecule has 0 spiro atoms. The average Bonchev–Trinajstić information content (AvgIpc) is 3.66. The van der Waals surface area contributed by atoms with Crippen LogP contribution in [0.3, 0.4) is 0 Å². The van der Waals surface area contributed by atoms with E-state index in [1.54, 1.807) is 33.8 Å². The summed E-state index contributed by atoms with van der Waals surface area (Å²) in [6.45, 7) is 1.07. The molecule has 5 heterocycles. The first-order valence-corrected chi connectivity index (χ1v) is 12.2. The first-order valence-electron chi connectivity index (χ1n) is 12.2. The van der Waals surface area contributed by atoms with Gasteiger partial charge in [0.2, 0.25) is 5.95 Å². The Kier molecular flexibility index (Phi) is 4.65. The SMILES string of the molecule is O=c1c2cnc(Nc3ccc4c(c3)CNCC4)nc2n(-c2cccc(N3CC(F)(F)C3)n2)n1C1CC1. The number of nitrogens with one attached hydrogen (secondary N) is 2. The summed E-state index contributed by atoms with van der Waals surface area (Å²) in [7, 11) is 0. The molecule has 11 heteroatoms. The van der Waals surface area contributed by atoms with Crippen molar-refractivity contribution in [1.29, 1.82) is 0 Å². The molecule has 2 aliphatic heterocycles. The van der Waals surface area contributed by atoms with Crippen LogP contribution in [0.4, 0.5) is 26.2 Å². The van der Waals surface area contributed by atoms with Crippen LogP contribution in [0.2, 0.25) is 0 Å². The Bertz CT molecular complexity index is 1550. The molecule has 3 aliphatic rings. The quantitative estimate of drug-likeness (QED) is 0.444. The number of fused-ring (bicyclic) bond motifs is 2. The second-order valence-electron chi connectivity index (χ2n) is 9.72. The van der Waals surface area contributed by atoms with Gasteiger partial charge in [-0.2, -0.15) is 4.98 Å². The Hall–Kier alpha value is -3.86. The summed E-state index contributed by atoms with van der Waals surface area (Å²) in [6.07, 6.45) is 4.31. The number of hydrogen-bond donors (Lipinski definition) is 2. The number of rotatable bonds is 5. The molecule has 2 N–H and O–H groups in total. The van der Waals surface area contributed by atoms with Gasteiger partial charge in [-0.05, 0) is 61.2 Å². The molecule has 7 rings (SSSR count). The molecule has 184 valence electrons. The minimum Gasteiger partial charge on any atom is -0.344 e. The van der Waals surface area contributed by atoms with Crippen molar-refractivity contribution in [3.8, 4) is 5.82 Å². The molecule has 1 aromatic carbocycles. The minimum atomic E-state index is -2.70. The first-order chi connectivity index (χ1) is 17.4. The van der Waals surface area contributed by atoms with Crippen LogP contribution < -0.4 is 21.1 Å². The summed E-state index contributed by atoms with van der Waals surface area (Å²) in [5.74, 6) is -1.42. The highest BCUT2D eigenvalue weighted by Gasteiger charge is 2.44. The summed E-state index contributed by atoms with van der Waals surface area (Å²) in [5.41, 5.74) is 3.69. The van der Waals surface area contributed by atoms with Gasteiger partial charge < -0.3 is 15.5 Å². The zero-order chi connectivity index (χ0) is 24.4. The summed E-state index contributed by atoms with van der Waals surface area (Å²) in [4.78, 5) is 28.6. The van der Waals surface area contributed by atoms with Gasteiger partial charge in [0.25, 0.3) is 11.5 Å². The number of pyridine rings is 1. The lowest BCUT2D eigenvalue weighted by Crippen LogP contribution is -2.56. The van der Waals surface area contributed by atoms with Gasteiger partial charge >= 0.3 is 0 Å². The molecule has 1 saturated heterocycles. The van der Waals surface area contributed by atoms with Gasteiger partial charge in [-0.15, -0.1) is 0 Å². The van der Waals surface area contributed by atoms with Crippen LogP contribution in [0.25, 0.3) is 16.9 Å². The van der Waals surface area contributed by atoms with Gasteiger partial charge in [0.15, 0.2) is 11.5 Å². The van der Waals surface area contributed by atoms with Gasteiger partial charge in [0.1, 0.15) is 11.2 Å². The van der Waals surface area contributed by atoms with E-state index in [9.17, 15) is 13.6 Å². The van der Waals surface area contributed by atoms with E-state index < -0.39 is 5.92 Å². The Morgan fingerprint density at radius 3 is 2.69 bits per heavy atom. The largest absolute Gasteiger partial charge is 0.344 e. The maximum Gasteiger partial charge on any atom is 0.282 e. The van der Waals surface area contributed by atoms with E-state index in [0.717, 1.165) is 38.0 Å². The standard InChI is InChI=1S/C25H24F2N8O/c26-25(27)13-33(14-25)20-2-1-3-21(31-20)35-22-19(23(36)34(35)18-6-7-18)12-29-24(32-22)30-17-5-4-15-8-9-28-11-16(15)10-17/h1-5,10,12,18,28H,6-9,11,13-14H2,(H,29,30,32). The Balaban J connectivity index is 1.30. The molecule has 0 atom stereocenters. The maximum atomic E-state index is 13.5. The number of benzene rings is 1. The predicted octanol–water partition coefficient (Wildman–Crippen LogP) is 3.16. The van der Waals surface area contributed by atoms with Crippen molar-refractivity contribution in [3.63, 3.8) is 0 Å². The Labute approximate surface area is 204 Å². The number of aromatic nitrogens is 5. The Morgan fingerprint density at radius 1 is 1.06 bits per heavy atom. The monoisotopic (exact) mass is 490 g/mol. The van der Waals surface area contributed by atoms with Crippen molar-refractivity contribution in [3.05, 3.63) is 64.1 Å². The molecule has 0 bridgehead atoms. The molecule has 2 fully saturated rings. The van der Waals surface area contributed by atoms with Gasteiger partial charge in [-0.1, -0.05) is 12.1 Å². The molecular weight excluding hydrogens is 466 g/mol. The van der Waals surface area contributed by atoms with Crippen LogP contribution in [-0.2, 0) is 13.0 Å². The highest BCUT2D eigenvalue weighted by molar-refractivity contribution is 5.77. The molecule has 36 heavy (non-hydrogen) atoms. The van der Waals surface area contributed by atoms with Crippen LogP contribution in [0.5, 0.6) is 0 Å². The van der Waals surface area contributed by atoms with Crippen LogP contribution in [0.1, 0.15) is 30.0 Å². The highest BCUT2D eigenvalue weighted by Crippen LogP contribution is 2.36. The fourth-order valence-corrected chi connectivity index (χ4v) is 5.00. The average molecular weight is 491 g/mol. The third-order valence-electron chi connectivity index (χ3n) is 6.97. The summed E-state index contributed by atoms with van der Waals surface area (Å²) < 4.78 is 30.3. The third kappa shape index (κ3) is 3.62. The van der Waals surface area contributed by atoms with Gasteiger partial charge in [-0.25, -0.2) is 28.1 Å². The van der Waals surface area contributed by atoms with Crippen molar-refractivity contribution >= 4 is 28.5 Å². The fraction of sp³-hybridized carbons (Fsp3) is 0.360. The normalized spacial score (nSPS) is 18.7. The van der Waals surface area contributed by atoms with Crippen molar-refractivity contribution in [2.75, 3.05) is 29.9 Å². The third-order valence-corrected chi connectivity index (χ3v) is 6.97. The van der Waals surface area contributed by atoms with Crippen LogP contribution in [-0.4, -0.2) is 49.9 Å². The van der Waals surface area contributed by atoms with E-state index in [-0.39, 0.29) is 24.7 Å². The second kappa shape index (κ2) is 7.82. The molecule has 9 nitrogen and oxygen atoms in total. The molecule has 0 radical (unpaired) electrons. The lowest BCUT2D eigenvalue weighted by molar-refractivity contribution is -0.0267. The van der Waals surface area contributed by atoms with Crippen LogP contribution in [0.15, 0.2) is 47.4 Å². The molecule has 3 aromatic heterocycles. The summed E-state index contributed by atoms with van der Waals surface area (Å²) >= 11 is 0. The lowest BCUT2D eigenvalue weighted by Gasteiger charge is -2.39. The van der Waals surface area contributed by atoms with Crippen LogP contribution in [0, 0.1) is 0 Å². The smallest absolute Gasteiger partial charge is 0.282 e. The number of hydrogen-bond acceptors (Lipinski definition) is 7.